The van der Waals surface area contributed by atoms with Crippen molar-refractivity contribution < 1.29 is 0 Å². The molecule has 0 aliphatic heterocycles. The van der Waals surface area contributed by atoms with E-state index in [-0.39, 0.29) is 0 Å². The fourth-order valence-electron chi connectivity index (χ4n) is 4.69. The molecule has 0 unspecified atom stereocenters. The minimum Gasteiger partial charge on any atom is -0.299 e. The maximum atomic E-state index is 2.66. The Morgan fingerprint density at radius 3 is 1.24 bits per heavy atom. The number of rotatable bonds is 19. The lowest BCUT2D eigenvalue weighted by Crippen LogP contribution is -2.25. The Labute approximate surface area is 211 Å². The third kappa shape index (κ3) is 11.2. The number of hydrogen-bond acceptors (Lipinski definition) is 2. The first-order chi connectivity index (χ1) is 16.7. The molecule has 0 radical (unpaired) electrons. The van der Waals surface area contributed by atoms with Gasteiger partial charge >= 0.3 is 0 Å². The SMILES string of the molecule is CCCCCN(CCCC)Cc1cccc(-c2cccc(CN(CCCC)CCCCC)c2)c1. The smallest absolute Gasteiger partial charge is 0.0233 e. The first-order valence-electron chi connectivity index (χ1n) is 14.3. The van der Waals surface area contributed by atoms with Crippen LogP contribution in [0.1, 0.15) is 103 Å². The Bertz CT molecular complexity index is 704. The Kier molecular flexibility index (Phi) is 14.9. The molecule has 0 N–H and O–H groups in total. The molecule has 0 bridgehead atoms. The van der Waals surface area contributed by atoms with E-state index in [2.05, 4.69) is 86.0 Å². The van der Waals surface area contributed by atoms with Crippen LogP contribution in [0.5, 0.6) is 0 Å². The van der Waals surface area contributed by atoms with Crippen LogP contribution in [-0.4, -0.2) is 36.0 Å². The largest absolute Gasteiger partial charge is 0.299 e. The third-order valence-corrected chi connectivity index (χ3v) is 6.81. The van der Waals surface area contributed by atoms with Gasteiger partial charge in [0.15, 0.2) is 0 Å². The molecule has 2 aromatic carbocycles. The van der Waals surface area contributed by atoms with Crippen molar-refractivity contribution in [1.29, 1.82) is 0 Å². The van der Waals surface area contributed by atoms with E-state index in [1.165, 1.54) is 113 Å². The second-order valence-corrected chi connectivity index (χ2v) is 10.1. The van der Waals surface area contributed by atoms with Gasteiger partial charge in [-0.05, 0) is 86.2 Å². The Morgan fingerprint density at radius 1 is 0.471 bits per heavy atom. The molecule has 0 amide bonds. The molecule has 0 heterocycles. The number of benzene rings is 2. The molecule has 2 nitrogen and oxygen atoms in total. The molecule has 34 heavy (non-hydrogen) atoms. The molecule has 0 aromatic heterocycles. The highest BCUT2D eigenvalue weighted by molar-refractivity contribution is 5.65. The Morgan fingerprint density at radius 2 is 0.853 bits per heavy atom. The topological polar surface area (TPSA) is 6.48 Å². The molecule has 2 rings (SSSR count). The fraction of sp³-hybridized carbons (Fsp3) is 0.625. The van der Waals surface area contributed by atoms with Gasteiger partial charge in [0.25, 0.3) is 0 Å². The zero-order chi connectivity index (χ0) is 24.4. The van der Waals surface area contributed by atoms with Crippen LogP contribution in [0.4, 0.5) is 0 Å². The van der Waals surface area contributed by atoms with Gasteiger partial charge in [0.1, 0.15) is 0 Å². The molecular weight excluding hydrogens is 412 g/mol. The van der Waals surface area contributed by atoms with Crippen molar-refractivity contribution in [2.24, 2.45) is 0 Å². The lowest BCUT2D eigenvalue weighted by molar-refractivity contribution is 0.255. The first-order valence-corrected chi connectivity index (χ1v) is 14.3. The van der Waals surface area contributed by atoms with Gasteiger partial charge in [-0.15, -0.1) is 0 Å². The second kappa shape index (κ2) is 17.7. The van der Waals surface area contributed by atoms with Crippen molar-refractivity contribution in [2.45, 2.75) is 105 Å². The van der Waals surface area contributed by atoms with Gasteiger partial charge in [0.2, 0.25) is 0 Å². The summed E-state index contributed by atoms with van der Waals surface area (Å²) < 4.78 is 0. The molecule has 0 aliphatic rings. The summed E-state index contributed by atoms with van der Waals surface area (Å²) in [7, 11) is 0. The summed E-state index contributed by atoms with van der Waals surface area (Å²) in [6.07, 6.45) is 13.0. The van der Waals surface area contributed by atoms with Crippen LogP contribution in [0, 0.1) is 0 Å². The molecule has 0 spiro atoms. The number of unbranched alkanes of at least 4 members (excludes halogenated alkanes) is 6. The normalized spacial score (nSPS) is 11.6. The van der Waals surface area contributed by atoms with Crippen molar-refractivity contribution in [2.75, 3.05) is 26.2 Å². The highest BCUT2D eigenvalue weighted by Crippen LogP contribution is 2.23. The Balaban J connectivity index is 2.09. The fourth-order valence-corrected chi connectivity index (χ4v) is 4.69. The van der Waals surface area contributed by atoms with Crippen LogP contribution in [0.3, 0.4) is 0 Å². The molecular formula is C32H52N2. The molecule has 0 saturated heterocycles. The van der Waals surface area contributed by atoms with Gasteiger partial charge < -0.3 is 0 Å². The van der Waals surface area contributed by atoms with E-state index in [9.17, 15) is 0 Å². The average molecular weight is 465 g/mol. The predicted molar refractivity (Wildman–Crippen MR) is 151 cm³/mol. The first kappa shape index (κ1) is 28.6. The Hall–Kier alpha value is -1.64. The molecule has 0 aliphatic carbocycles. The second-order valence-electron chi connectivity index (χ2n) is 10.1. The van der Waals surface area contributed by atoms with Gasteiger partial charge in [-0.1, -0.05) is 103 Å². The maximum absolute atomic E-state index is 2.66. The summed E-state index contributed by atoms with van der Waals surface area (Å²) in [5.41, 5.74) is 5.60. The van der Waals surface area contributed by atoms with Crippen molar-refractivity contribution in [3.8, 4) is 11.1 Å². The average Bonchev–Trinajstić information content (AvgIpc) is 2.86. The molecule has 2 heteroatoms. The van der Waals surface area contributed by atoms with E-state index in [1.807, 2.05) is 0 Å². The van der Waals surface area contributed by atoms with Gasteiger partial charge in [0.05, 0.1) is 0 Å². The van der Waals surface area contributed by atoms with Crippen LogP contribution in [0.15, 0.2) is 48.5 Å². The minimum absolute atomic E-state index is 1.07. The summed E-state index contributed by atoms with van der Waals surface area (Å²) in [4.78, 5) is 5.33. The van der Waals surface area contributed by atoms with Crippen molar-refractivity contribution >= 4 is 0 Å². The zero-order valence-corrected chi connectivity index (χ0v) is 22.8. The number of hydrogen-bond donors (Lipinski definition) is 0. The van der Waals surface area contributed by atoms with Crippen LogP contribution in [0.25, 0.3) is 11.1 Å². The molecule has 0 fully saturated rings. The van der Waals surface area contributed by atoms with Crippen molar-refractivity contribution in [1.82, 2.24) is 9.80 Å². The van der Waals surface area contributed by atoms with Crippen molar-refractivity contribution in [3.05, 3.63) is 59.7 Å². The highest BCUT2D eigenvalue weighted by atomic mass is 15.1. The van der Waals surface area contributed by atoms with Crippen molar-refractivity contribution in [3.63, 3.8) is 0 Å². The predicted octanol–water partition coefficient (Wildman–Crippen LogP) is 8.94. The van der Waals surface area contributed by atoms with E-state index >= 15 is 0 Å². The molecule has 2 aromatic rings. The van der Waals surface area contributed by atoms with Gasteiger partial charge in [-0.2, -0.15) is 0 Å². The third-order valence-electron chi connectivity index (χ3n) is 6.81. The maximum Gasteiger partial charge on any atom is 0.0233 e. The summed E-state index contributed by atoms with van der Waals surface area (Å²) in [6, 6.07) is 18.5. The summed E-state index contributed by atoms with van der Waals surface area (Å²) in [5, 5.41) is 0. The van der Waals surface area contributed by atoms with Crippen LogP contribution < -0.4 is 0 Å². The minimum atomic E-state index is 1.07. The van der Waals surface area contributed by atoms with E-state index in [4.69, 9.17) is 0 Å². The number of nitrogens with zero attached hydrogens (tertiary/aromatic N) is 2. The molecule has 0 saturated carbocycles. The van der Waals surface area contributed by atoms with E-state index in [0.29, 0.717) is 0 Å². The van der Waals surface area contributed by atoms with Crippen LogP contribution in [-0.2, 0) is 13.1 Å². The quantitative estimate of drug-likeness (QED) is 0.191. The van der Waals surface area contributed by atoms with Gasteiger partial charge in [-0.3, -0.25) is 9.80 Å². The monoisotopic (exact) mass is 464 g/mol. The van der Waals surface area contributed by atoms with Gasteiger partial charge in [-0.25, -0.2) is 0 Å². The van der Waals surface area contributed by atoms with E-state index in [1.54, 1.807) is 0 Å². The molecule has 190 valence electrons. The lowest BCUT2D eigenvalue weighted by Gasteiger charge is -2.23. The van der Waals surface area contributed by atoms with E-state index in [0.717, 1.165) is 13.1 Å². The van der Waals surface area contributed by atoms with E-state index < -0.39 is 0 Å². The molecule has 0 atom stereocenters. The zero-order valence-electron chi connectivity index (χ0n) is 22.8. The standard InChI is InChI=1S/C32H52N2/c1-5-9-13-23-33(21-11-7-3)27-29-17-15-19-31(25-29)32-20-16-18-30(26-32)28-34(22-12-8-4)24-14-10-6-2/h15-20,25-26H,5-14,21-24,27-28H2,1-4H3. The highest BCUT2D eigenvalue weighted by Gasteiger charge is 2.09. The summed E-state index contributed by atoms with van der Waals surface area (Å²) >= 11 is 0. The van der Waals surface area contributed by atoms with Gasteiger partial charge in [0, 0.05) is 13.1 Å². The van der Waals surface area contributed by atoms with Crippen LogP contribution >= 0.6 is 0 Å². The van der Waals surface area contributed by atoms with Crippen LogP contribution in [0.2, 0.25) is 0 Å². The summed E-state index contributed by atoms with van der Waals surface area (Å²) in [6.45, 7) is 16.2. The summed E-state index contributed by atoms with van der Waals surface area (Å²) in [5.74, 6) is 0. The lowest BCUT2D eigenvalue weighted by atomic mass is 10.0.